The molecule has 0 aliphatic carbocycles. The summed E-state index contributed by atoms with van der Waals surface area (Å²) in [5.41, 5.74) is 0.934. The number of nitrogens with zero attached hydrogens (tertiary/aromatic N) is 1. The van der Waals surface area contributed by atoms with Gasteiger partial charge in [0, 0.05) is 12.1 Å². The molecule has 1 aliphatic heterocycles. The molecule has 0 bridgehead atoms. The lowest BCUT2D eigenvalue weighted by Crippen LogP contribution is -2.52. The lowest BCUT2D eigenvalue weighted by atomic mass is 10.1. The number of carbonyl (C=O) groups is 2. The minimum absolute atomic E-state index is 0.0187. The first-order valence-corrected chi connectivity index (χ1v) is 6.86. The van der Waals surface area contributed by atoms with Crippen molar-refractivity contribution in [3.05, 3.63) is 29.6 Å². The van der Waals surface area contributed by atoms with E-state index in [2.05, 4.69) is 10.6 Å². The average Bonchev–Trinajstić information content (AvgIpc) is 2.34. The van der Waals surface area contributed by atoms with Crippen molar-refractivity contribution in [1.82, 2.24) is 10.6 Å². The number of benzene rings is 1. The first kappa shape index (κ1) is 15.4. The molecule has 1 aromatic carbocycles. The van der Waals surface area contributed by atoms with Gasteiger partial charge in [0.2, 0.25) is 11.8 Å². The van der Waals surface area contributed by atoms with Gasteiger partial charge in [-0.3, -0.25) is 14.9 Å². The predicted octanol–water partition coefficient (Wildman–Crippen LogP) is 1.18. The molecule has 21 heavy (non-hydrogen) atoms. The van der Waals surface area contributed by atoms with Crippen LogP contribution in [0.2, 0.25) is 0 Å². The van der Waals surface area contributed by atoms with Gasteiger partial charge in [-0.2, -0.15) is 0 Å². The summed E-state index contributed by atoms with van der Waals surface area (Å²) in [5.74, 6) is -1.25. The highest BCUT2D eigenvalue weighted by atomic mass is 19.1. The van der Waals surface area contributed by atoms with E-state index in [0.717, 1.165) is 5.56 Å². The number of imide groups is 1. The number of hydrogen-bond donors (Lipinski definition) is 2. The van der Waals surface area contributed by atoms with E-state index >= 15 is 0 Å². The van der Waals surface area contributed by atoms with Crippen molar-refractivity contribution in [2.45, 2.75) is 32.9 Å². The topological polar surface area (TPSA) is 61.4 Å². The minimum atomic E-state index is -0.425. The Bertz CT molecular complexity index is 551. The summed E-state index contributed by atoms with van der Waals surface area (Å²) < 4.78 is 14.2. The molecule has 114 valence electrons. The van der Waals surface area contributed by atoms with E-state index in [1.165, 1.54) is 11.0 Å². The molecule has 1 fully saturated rings. The number of rotatable bonds is 3. The van der Waals surface area contributed by atoms with E-state index in [1.807, 2.05) is 20.8 Å². The summed E-state index contributed by atoms with van der Waals surface area (Å²) in [6, 6.07) is 4.77. The third-order valence-electron chi connectivity index (χ3n) is 3.14. The van der Waals surface area contributed by atoms with Gasteiger partial charge >= 0.3 is 0 Å². The molecule has 0 aromatic heterocycles. The second-order valence-corrected chi connectivity index (χ2v) is 6.18. The number of hydrogen-bond acceptors (Lipinski definition) is 4. The van der Waals surface area contributed by atoms with Crippen LogP contribution in [0.1, 0.15) is 26.3 Å². The van der Waals surface area contributed by atoms with Crippen LogP contribution in [0.5, 0.6) is 0 Å². The second-order valence-electron chi connectivity index (χ2n) is 6.18. The van der Waals surface area contributed by atoms with Crippen LogP contribution in [0.25, 0.3) is 0 Å². The molecule has 0 spiro atoms. The zero-order chi connectivity index (χ0) is 15.6. The van der Waals surface area contributed by atoms with Crippen LogP contribution in [0, 0.1) is 5.82 Å². The zero-order valence-electron chi connectivity index (χ0n) is 12.5. The van der Waals surface area contributed by atoms with E-state index in [0.29, 0.717) is 12.2 Å². The molecule has 2 amide bonds. The standard InChI is InChI=1S/C15H20FN3O2/c1-15(2,3)17-7-10-5-4-6-11(16)14(10)19-8-12(20)18-13(21)9-19/h4-6,17H,7-9H2,1-3H3,(H,18,20,21). The first-order chi connectivity index (χ1) is 9.76. The van der Waals surface area contributed by atoms with E-state index in [9.17, 15) is 14.0 Å². The van der Waals surface area contributed by atoms with Gasteiger partial charge in [0.15, 0.2) is 0 Å². The molecule has 0 saturated carbocycles. The SMILES string of the molecule is CC(C)(C)NCc1cccc(F)c1N1CC(=O)NC(=O)C1. The van der Waals surface area contributed by atoms with E-state index in [1.54, 1.807) is 12.1 Å². The Balaban J connectivity index is 2.29. The summed E-state index contributed by atoms with van der Waals surface area (Å²) in [6.07, 6.45) is 0. The van der Waals surface area contributed by atoms with Gasteiger partial charge in [0.25, 0.3) is 0 Å². The summed E-state index contributed by atoms with van der Waals surface area (Å²) in [4.78, 5) is 24.5. The Kier molecular flexibility index (Phi) is 4.27. The van der Waals surface area contributed by atoms with Gasteiger partial charge in [-0.15, -0.1) is 0 Å². The largest absolute Gasteiger partial charge is 0.350 e. The molecule has 2 rings (SSSR count). The number of para-hydroxylation sites is 1. The highest BCUT2D eigenvalue weighted by molar-refractivity contribution is 6.02. The Morgan fingerprint density at radius 3 is 2.43 bits per heavy atom. The molecular weight excluding hydrogens is 273 g/mol. The zero-order valence-corrected chi connectivity index (χ0v) is 12.5. The molecule has 6 heteroatoms. The number of piperazine rings is 1. The fraction of sp³-hybridized carbons (Fsp3) is 0.467. The third-order valence-corrected chi connectivity index (χ3v) is 3.14. The van der Waals surface area contributed by atoms with Gasteiger partial charge in [0.05, 0.1) is 18.8 Å². The molecule has 1 saturated heterocycles. The van der Waals surface area contributed by atoms with Crippen molar-refractivity contribution in [3.8, 4) is 0 Å². The Labute approximate surface area is 123 Å². The Morgan fingerprint density at radius 2 is 1.86 bits per heavy atom. The van der Waals surface area contributed by atoms with E-state index < -0.39 is 17.6 Å². The fourth-order valence-electron chi connectivity index (χ4n) is 2.21. The van der Waals surface area contributed by atoms with Crippen LogP contribution in [0.4, 0.5) is 10.1 Å². The molecule has 0 atom stereocenters. The molecular formula is C15H20FN3O2. The van der Waals surface area contributed by atoms with Crippen molar-refractivity contribution in [1.29, 1.82) is 0 Å². The van der Waals surface area contributed by atoms with Crippen LogP contribution in [0.3, 0.4) is 0 Å². The van der Waals surface area contributed by atoms with Crippen LogP contribution < -0.4 is 15.5 Å². The van der Waals surface area contributed by atoms with Crippen LogP contribution in [-0.2, 0) is 16.1 Å². The van der Waals surface area contributed by atoms with Gasteiger partial charge in [-0.25, -0.2) is 4.39 Å². The predicted molar refractivity (Wildman–Crippen MR) is 78.4 cm³/mol. The Hall–Kier alpha value is -1.95. The average molecular weight is 293 g/mol. The van der Waals surface area contributed by atoms with Crippen molar-refractivity contribution >= 4 is 17.5 Å². The van der Waals surface area contributed by atoms with Crippen molar-refractivity contribution in [3.63, 3.8) is 0 Å². The van der Waals surface area contributed by atoms with Gasteiger partial charge in [-0.1, -0.05) is 12.1 Å². The van der Waals surface area contributed by atoms with Crippen LogP contribution in [0.15, 0.2) is 18.2 Å². The maximum atomic E-state index is 14.2. The van der Waals surface area contributed by atoms with E-state index in [4.69, 9.17) is 0 Å². The number of anilines is 1. The fourth-order valence-corrected chi connectivity index (χ4v) is 2.21. The summed E-state index contributed by atoms with van der Waals surface area (Å²) in [5, 5.41) is 5.51. The summed E-state index contributed by atoms with van der Waals surface area (Å²) >= 11 is 0. The highest BCUT2D eigenvalue weighted by Crippen LogP contribution is 2.25. The smallest absolute Gasteiger partial charge is 0.246 e. The highest BCUT2D eigenvalue weighted by Gasteiger charge is 2.26. The maximum Gasteiger partial charge on any atom is 0.246 e. The van der Waals surface area contributed by atoms with E-state index in [-0.39, 0.29) is 18.6 Å². The third kappa shape index (κ3) is 4.01. The summed E-state index contributed by atoms with van der Waals surface area (Å²) in [7, 11) is 0. The number of halogens is 1. The molecule has 1 aromatic rings. The maximum absolute atomic E-state index is 14.2. The van der Waals surface area contributed by atoms with Crippen molar-refractivity contribution in [2.24, 2.45) is 0 Å². The van der Waals surface area contributed by atoms with Crippen LogP contribution >= 0.6 is 0 Å². The molecule has 0 unspecified atom stereocenters. The lowest BCUT2D eigenvalue weighted by Gasteiger charge is -2.30. The van der Waals surface area contributed by atoms with Crippen molar-refractivity contribution in [2.75, 3.05) is 18.0 Å². The lowest BCUT2D eigenvalue weighted by molar-refractivity contribution is -0.130. The van der Waals surface area contributed by atoms with Gasteiger partial charge in [0.1, 0.15) is 5.82 Å². The van der Waals surface area contributed by atoms with Crippen LogP contribution in [-0.4, -0.2) is 30.4 Å². The first-order valence-electron chi connectivity index (χ1n) is 6.86. The number of carbonyl (C=O) groups excluding carboxylic acids is 2. The number of amides is 2. The molecule has 2 N–H and O–H groups in total. The molecule has 1 aliphatic rings. The second kappa shape index (κ2) is 5.81. The van der Waals surface area contributed by atoms with Crippen molar-refractivity contribution < 1.29 is 14.0 Å². The molecule has 5 nitrogen and oxygen atoms in total. The van der Waals surface area contributed by atoms with Gasteiger partial charge < -0.3 is 10.2 Å². The molecule has 0 radical (unpaired) electrons. The minimum Gasteiger partial charge on any atom is -0.350 e. The monoisotopic (exact) mass is 293 g/mol. The van der Waals surface area contributed by atoms with Gasteiger partial charge in [-0.05, 0) is 32.4 Å². The number of nitrogens with one attached hydrogen (secondary N) is 2. The summed E-state index contributed by atoms with van der Waals surface area (Å²) in [6.45, 7) is 6.48. The molecule has 1 heterocycles. The normalized spacial score (nSPS) is 16.1. The Morgan fingerprint density at radius 1 is 1.24 bits per heavy atom. The quantitative estimate of drug-likeness (QED) is 0.822.